The highest BCUT2D eigenvalue weighted by Gasteiger charge is 2.35. The highest BCUT2D eigenvalue weighted by molar-refractivity contribution is 14.1. The van der Waals surface area contributed by atoms with Gasteiger partial charge in [-0.3, -0.25) is 9.36 Å². The third kappa shape index (κ3) is 7.39. The van der Waals surface area contributed by atoms with Gasteiger partial charge >= 0.3 is 5.97 Å². The van der Waals surface area contributed by atoms with Gasteiger partial charge in [0.25, 0.3) is 5.56 Å². The number of hydrogen-bond acceptors (Lipinski definition) is 7. The molecule has 0 saturated heterocycles. The number of rotatable bonds is 10. The standard InChI is InChI=1S/C39H34ClIN2O5S/c1-5-47-38(45)33-34(27-9-7-6-8-10-27)42-39-43(35(33)28-15-13-26(14-16-28)23(2)3)37(44)32(49-39)21-25-19-30(41)36(31(20-25)46-4)48-22-24-11-17-29(40)18-12-24/h6-21,23,35H,5,22H2,1-4H3/b32-21-/t35-/m0/s1. The second kappa shape index (κ2) is 15.1. The number of benzene rings is 4. The number of halogens is 2. The molecule has 49 heavy (non-hydrogen) atoms. The summed E-state index contributed by atoms with van der Waals surface area (Å²) in [6, 6.07) is 28.1. The van der Waals surface area contributed by atoms with E-state index in [2.05, 4.69) is 36.4 Å². The molecule has 5 aromatic rings. The Morgan fingerprint density at radius 1 is 1.04 bits per heavy atom. The molecule has 0 aliphatic carbocycles. The van der Waals surface area contributed by atoms with E-state index in [1.165, 1.54) is 11.3 Å². The van der Waals surface area contributed by atoms with Crippen LogP contribution in [0.4, 0.5) is 0 Å². The Hall–Kier alpha value is -4.19. The van der Waals surface area contributed by atoms with Crippen LogP contribution in [0.3, 0.4) is 0 Å². The molecule has 0 unspecified atom stereocenters. The predicted molar refractivity (Wildman–Crippen MR) is 203 cm³/mol. The summed E-state index contributed by atoms with van der Waals surface area (Å²) < 4.78 is 20.4. The van der Waals surface area contributed by atoms with Gasteiger partial charge in [0.15, 0.2) is 16.3 Å². The number of nitrogens with zero attached hydrogens (tertiary/aromatic N) is 2. The first-order valence-corrected chi connectivity index (χ1v) is 18.1. The van der Waals surface area contributed by atoms with Crippen molar-refractivity contribution < 1.29 is 19.0 Å². The van der Waals surface area contributed by atoms with Crippen molar-refractivity contribution in [2.24, 2.45) is 4.99 Å². The van der Waals surface area contributed by atoms with Crippen LogP contribution < -0.4 is 24.4 Å². The van der Waals surface area contributed by atoms with Gasteiger partial charge in [0, 0.05) is 10.6 Å². The Labute approximate surface area is 307 Å². The molecular formula is C39H34ClIN2O5S. The van der Waals surface area contributed by atoms with Gasteiger partial charge in [0.05, 0.1) is 39.1 Å². The van der Waals surface area contributed by atoms with Gasteiger partial charge in [-0.15, -0.1) is 0 Å². The van der Waals surface area contributed by atoms with E-state index >= 15 is 0 Å². The fourth-order valence-electron chi connectivity index (χ4n) is 5.67. The minimum atomic E-state index is -0.743. The lowest BCUT2D eigenvalue weighted by molar-refractivity contribution is -0.138. The van der Waals surface area contributed by atoms with Crippen molar-refractivity contribution in [3.63, 3.8) is 0 Å². The summed E-state index contributed by atoms with van der Waals surface area (Å²) >= 11 is 9.53. The lowest BCUT2D eigenvalue weighted by Gasteiger charge is -2.26. The fourth-order valence-corrected chi connectivity index (χ4v) is 7.58. The van der Waals surface area contributed by atoms with Crippen LogP contribution in [0, 0.1) is 3.57 Å². The summed E-state index contributed by atoms with van der Waals surface area (Å²) in [7, 11) is 1.59. The van der Waals surface area contributed by atoms with Gasteiger partial charge in [0.2, 0.25) is 0 Å². The Morgan fingerprint density at radius 3 is 2.41 bits per heavy atom. The van der Waals surface area contributed by atoms with Crippen LogP contribution in [0.5, 0.6) is 11.5 Å². The monoisotopic (exact) mass is 804 g/mol. The normalized spacial score (nSPS) is 14.4. The first-order chi connectivity index (χ1) is 23.7. The Morgan fingerprint density at radius 2 is 1.76 bits per heavy atom. The Kier molecular flexibility index (Phi) is 10.7. The highest BCUT2D eigenvalue weighted by Crippen LogP contribution is 2.37. The van der Waals surface area contributed by atoms with Crippen molar-refractivity contribution in [1.29, 1.82) is 0 Å². The van der Waals surface area contributed by atoms with Crippen LogP contribution in [0.2, 0.25) is 5.02 Å². The predicted octanol–water partition coefficient (Wildman–Crippen LogP) is 7.90. The third-order valence-electron chi connectivity index (χ3n) is 8.14. The zero-order valence-electron chi connectivity index (χ0n) is 27.4. The molecule has 7 nitrogen and oxygen atoms in total. The number of esters is 1. The molecule has 0 fully saturated rings. The van der Waals surface area contributed by atoms with E-state index in [4.69, 9.17) is 30.8 Å². The smallest absolute Gasteiger partial charge is 0.338 e. The van der Waals surface area contributed by atoms with Gasteiger partial charge in [-0.05, 0) is 88.0 Å². The van der Waals surface area contributed by atoms with Crippen LogP contribution in [-0.4, -0.2) is 24.3 Å². The number of thiazole rings is 1. The molecule has 0 amide bonds. The molecule has 1 aromatic heterocycles. The number of ether oxygens (including phenoxy) is 3. The zero-order valence-corrected chi connectivity index (χ0v) is 31.1. The Balaban J connectivity index is 1.49. The van der Waals surface area contributed by atoms with Crippen LogP contribution in [0.1, 0.15) is 60.5 Å². The lowest BCUT2D eigenvalue weighted by atomic mass is 9.91. The number of fused-ring (bicyclic) bond motifs is 1. The van der Waals surface area contributed by atoms with Gasteiger partial charge in [-0.1, -0.05) is 104 Å². The third-order valence-corrected chi connectivity index (χ3v) is 10.2. The number of carbonyl (C=O) groups is 1. The van der Waals surface area contributed by atoms with Crippen molar-refractivity contribution in [2.75, 3.05) is 13.7 Å². The number of hydrogen-bond donors (Lipinski definition) is 0. The molecule has 0 bridgehead atoms. The summed E-state index contributed by atoms with van der Waals surface area (Å²) in [4.78, 5) is 33.6. The minimum Gasteiger partial charge on any atom is -0.493 e. The van der Waals surface area contributed by atoms with Crippen molar-refractivity contribution in [3.8, 4) is 11.5 Å². The minimum absolute atomic E-state index is 0.188. The summed E-state index contributed by atoms with van der Waals surface area (Å²) in [5.74, 6) is 0.961. The van der Waals surface area contributed by atoms with E-state index in [-0.39, 0.29) is 12.2 Å². The molecule has 250 valence electrons. The second-order valence-corrected chi connectivity index (χ2v) is 14.3. The van der Waals surface area contributed by atoms with Gasteiger partial charge < -0.3 is 14.2 Å². The summed E-state index contributed by atoms with van der Waals surface area (Å²) in [6.45, 7) is 6.56. The van der Waals surface area contributed by atoms with Crippen molar-refractivity contribution >= 4 is 63.3 Å². The maximum absolute atomic E-state index is 14.4. The maximum Gasteiger partial charge on any atom is 0.338 e. The van der Waals surface area contributed by atoms with Crippen LogP contribution in [0.25, 0.3) is 11.8 Å². The van der Waals surface area contributed by atoms with Crippen molar-refractivity contribution in [1.82, 2.24) is 4.57 Å². The van der Waals surface area contributed by atoms with Crippen LogP contribution in [0.15, 0.2) is 106 Å². The lowest BCUT2D eigenvalue weighted by Crippen LogP contribution is -2.40. The van der Waals surface area contributed by atoms with Crippen molar-refractivity contribution in [3.05, 3.63) is 153 Å². The first kappa shape index (κ1) is 34.7. The van der Waals surface area contributed by atoms with Gasteiger partial charge in [0.1, 0.15) is 6.61 Å². The number of aromatic nitrogens is 1. The molecule has 2 heterocycles. The summed E-state index contributed by atoms with van der Waals surface area (Å²) in [6.07, 6.45) is 1.83. The van der Waals surface area contributed by atoms with Crippen molar-refractivity contribution in [2.45, 2.75) is 39.3 Å². The van der Waals surface area contributed by atoms with E-state index in [9.17, 15) is 9.59 Å². The molecule has 1 atom stereocenters. The largest absolute Gasteiger partial charge is 0.493 e. The van der Waals surface area contributed by atoms with Crippen LogP contribution in [-0.2, 0) is 16.1 Å². The number of methoxy groups -OCH3 is 1. The average Bonchev–Trinajstić information content (AvgIpc) is 3.41. The molecular weight excluding hydrogens is 771 g/mol. The molecule has 10 heteroatoms. The van der Waals surface area contributed by atoms with Gasteiger partial charge in [-0.25, -0.2) is 9.79 Å². The van der Waals surface area contributed by atoms with Crippen LogP contribution >= 0.6 is 45.5 Å². The van der Waals surface area contributed by atoms with Gasteiger partial charge in [-0.2, -0.15) is 0 Å². The molecule has 0 saturated carbocycles. The molecule has 1 aliphatic rings. The van der Waals surface area contributed by atoms with E-state index in [1.54, 1.807) is 18.6 Å². The quantitative estimate of drug-likeness (QED) is 0.106. The molecule has 0 N–H and O–H groups in total. The van der Waals surface area contributed by atoms with E-state index < -0.39 is 12.0 Å². The Bertz CT molecular complexity index is 2210. The van der Waals surface area contributed by atoms with E-state index in [0.29, 0.717) is 49.7 Å². The molecule has 0 radical (unpaired) electrons. The average molecular weight is 805 g/mol. The van der Waals surface area contributed by atoms with E-state index in [1.807, 2.05) is 97.1 Å². The molecule has 4 aromatic carbocycles. The SMILES string of the molecule is CCOC(=O)C1=C(c2ccccc2)N=c2s/c(=C\c3cc(I)c(OCc4ccc(Cl)cc4)c(OC)c3)c(=O)n2[C@H]1c1ccc(C(C)C)cc1. The van der Waals surface area contributed by atoms with E-state index in [0.717, 1.165) is 31.4 Å². The summed E-state index contributed by atoms with van der Waals surface area (Å²) in [5, 5.41) is 0.661. The highest BCUT2D eigenvalue weighted by atomic mass is 127. The second-order valence-electron chi connectivity index (χ2n) is 11.7. The first-order valence-electron chi connectivity index (χ1n) is 15.8. The molecule has 1 aliphatic heterocycles. The molecule has 0 spiro atoms. The maximum atomic E-state index is 14.4. The topological polar surface area (TPSA) is 79.1 Å². The summed E-state index contributed by atoms with van der Waals surface area (Å²) in [5.41, 5.74) is 5.00. The zero-order chi connectivity index (χ0) is 34.7. The molecule has 6 rings (SSSR count). The number of carbonyl (C=O) groups excluding carboxylic acids is 1. The fraction of sp³-hybridized carbons (Fsp3) is 0.205.